The lowest BCUT2D eigenvalue weighted by Gasteiger charge is -2.43. The van der Waals surface area contributed by atoms with Gasteiger partial charge in [0.25, 0.3) is 0 Å². The van der Waals surface area contributed by atoms with Crippen molar-refractivity contribution in [3.8, 4) is 11.1 Å². The summed E-state index contributed by atoms with van der Waals surface area (Å²) >= 11 is 0. The number of ether oxygens (including phenoxy) is 3. The Kier molecular flexibility index (Phi) is 11.8. The van der Waals surface area contributed by atoms with Crippen molar-refractivity contribution in [1.82, 2.24) is 15.5 Å². The fraction of sp³-hybridized carbons (Fsp3) is 0.444. The number of aliphatic hydroxyl groups excluding tert-OH is 2. The van der Waals surface area contributed by atoms with Crippen LogP contribution in [0.5, 0.6) is 0 Å². The SMILES string of the molecule is CCOC(=O)CNC(=O)NCc1cccc(-c2cccc([C@H]3O[C@@H](CN4CCC[C@H]4CO)[C@@H](C)[C@@H](c4ccc(CO)cc4)O3)c2)c1. The molecule has 4 N–H and O–H groups in total. The van der Waals surface area contributed by atoms with Gasteiger partial charge < -0.3 is 35.1 Å². The Hall–Kier alpha value is -3.80. The molecule has 0 radical (unpaired) electrons. The number of nitrogens with one attached hydrogen (secondary N) is 2. The number of likely N-dealkylation sites (tertiary alicyclic amines) is 1. The fourth-order valence-corrected chi connectivity index (χ4v) is 6.24. The highest BCUT2D eigenvalue weighted by molar-refractivity contribution is 5.80. The number of amides is 2. The van der Waals surface area contributed by atoms with E-state index in [-0.39, 0.29) is 50.5 Å². The first-order valence-electron chi connectivity index (χ1n) is 16.1. The van der Waals surface area contributed by atoms with Crippen LogP contribution in [0.3, 0.4) is 0 Å². The largest absolute Gasteiger partial charge is 0.465 e. The molecule has 2 heterocycles. The Morgan fingerprint density at radius 3 is 2.43 bits per heavy atom. The number of carbonyl (C=O) groups is 2. The molecule has 5 rings (SSSR count). The van der Waals surface area contributed by atoms with Gasteiger partial charge >= 0.3 is 12.0 Å². The number of esters is 1. The molecular formula is C36H45N3O7. The lowest BCUT2D eigenvalue weighted by atomic mass is 9.89. The van der Waals surface area contributed by atoms with E-state index < -0.39 is 18.3 Å². The molecule has 0 bridgehead atoms. The zero-order valence-corrected chi connectivity index (χ0v) is 26.6. The van der Waals surface area contributed by atoms with E-state index in [1.807, 2.05) is 66.7 Å². The minimum atomic E-state index is -0.605. The second-order valence-corrected chi connectivity index (χ2v) is 12.0. The highest BCUT2D eigenvalue weighted by Gasteiger charge is 2.40. The van der Waals surface area contributed by atoms with Crippen LogP contribution in [-0.2, 0) is 32.2 Å². The molecule has 5 atom stereocenters. The quantitative estimate of drug-likeness (QED) is 0.216. The molecule has 46 heavy (non-hydrogen) atoms. The molecule has 0 aliphatic carbocycles. The van der Waals surface area contributed by atoms with Crippen molar-refractivity contribution in [2.45, 2.75) is 64.4 Å². The number of rotatable bonds is 12. The van der Waals surface area contributed by atoms with E-state index in [2.05, 4.69) is 28.5 Å². The van der Waals surface area contributed by atoms with E-state index in [1.54, 1.807) is 6.92 Å². The number of hydrogen-bond acceptors (Lipinski definition) is 8. The minimum Gasteiger partial charge on any atom is -0.465 e. The molecule has 2 aliphatic heterocycles. The summed E-state index contributed by atoms with van der Waals surface area (Å²) in [5.74, 6) is -0.430. The molecule has 0 spiro atoms. The van der Waals surface area contributed by atoms with Gasteiger partial charge in [0.05, 0.1) is 32.0 Å². The molecule has 246 valence electrons. The summed E-state index contributed by atoms with van der Waals surface area (Å²) in [6, 6.07) is 23.6. The lowest BCUT2D eigenvalue weighted by molar-refractivity contribution is -0.276. The first-order valence-corrected chi connectivity index (χ1v) is 16.1. The molecule has 0 saturated carbocycles. The maximum Gasteiger partial charge on any atom is 0.325 e. The van der Waals surface area contributed by atoms with Gasteiger partial charge in [-0.1, -0.05) is 67.6 Å². The highest BCUT2D eigenvalue weighted by atomic mass is 16.7. The van der Waals surface area contributed by atoms with Crippen LogP contribution < -0.4 is 10.6 Å². The van der Waals surface area contributed by atoms with Gasteiger partial charge in [0.1, 0.15) is 6.54 Å². The zero-order chi connectivity index (χ0) is 32.5. The molecule has 2 saturated heterocycles. The number of hydrogen-bond donors (Lipinski definition) is 4. The standard InChI is InChI=1S/C36H45N3O7/c1-3-44-33(42)20-38-36(43)37-19-26-7-4-8-28(17-26)29-9-5-10-30(18-29)35-45-32(21-39-16-6-11-31(39)23-41)24(2)34(46-35)27-14-12-25(22-40)13-15-27/h4-5,7-10,12-15,17-18,24,31-32,34-35,40-41H,3,6,11,16,19-23H2,1-2H3,(H2,37,38,43)/t24-,31+,32+,34+,35+/m1/s1. The van der Waals surface area contributed by atoms with Crippen molar-refractivity contribution < 1.29 is 34.0 Å². The Bertz CT molecular complexity index is 1450. The average molecular weight is 632 g/mol. The van der Waals surface area contributed by atoms with Crippen molar-refractivity contribution in [3.63, 3.8) is 0 Å². The van der Waals surface area contributed by atoms with Gasteiger partial charge in [-0.3, -0.25) is 9.69 Å². The third-order valence-electron chi connectivity index (χ3n) is 8.82. The fourth-order valence-electron chi connectivity index (χ4n) is 6.24. The number of aliphatic hydroxyl groups is 2. The average Bonchev–Trinajstić information content (AvgIpc) is 3.55. The van der Waals surface area contributed by atoms with Gasteiger partial charge in [-0.2, -0.15) is 0 Å². The minimum absolute atomic E-state index is 0.0139. The van der Waals surface area contributed by atoms with Crippen LogP contribution >= 0.6 is 0 Å². The molecule has 2 fully saturated rings. The van der Waals surface area contributed by atoms with Crippen molar-refractivity contribution >= 4 is 12.0 Å². The van der Waals surface area contributed by atoms with Crippen molar-refractivity contribution in [2.24, 2.45) is 5.92 Å². The van der Waals surface area contributed by atoms with Gasteiger partial charge in [-0.25, -0.2) is 4.79 Å². The summed E-state index contributed by atoms with van der Waals surface area (Å²) in [7, 11) is 0. The zero-order valence-electron chi connectivity index (χ0n) is 26.6. The van der Waals surface area contributed by atoms with Crippen LogP contribution in [0, 0.1) is 5.92 Å². The number of carbonyl (C=O) groups excluding carboxylic acids is 2. The predicted molar refractivity (Wildman–Crippen MR) is 173 cm³/mol. The molecule has 2 aliphatic rings. The van der Waals surface area contributed by atoms with Gasteiger partial charge in [0, 0.05) is 30.6 Å². The maximum absolute atomic E-state index is 12.2. The lowest BCUT2D eigenvalue weighted by Crippen LogP contribution is -2.46. The normalized spacial score (nSPS) is 23.2. The summed E-state index contributed by atoms with van der Waals surface area (Å²) < 4.78 is 18.2. The molecule has 10 nitrogen and oxygen atoms in total. The molecule has 0 unspecified atom stereocenters. The second-order valence-electron chi connectivity index (χ2n) is 12.0. The van der Waals surface area contributed by atoms with E-state index in [1.165, 1.54) is 0 Å². The summed E-state index contributed by atoms with van der Waals surface area (Å²) in [5, 5.41) is 24.8. The van der Waals surface area contributed by atoms with Gasteiger partial charge in [0.2, 0.25) is 0 Å². The van der Waals surface area contributed by atoms with E-state index in [0.29, 0.717) is 13.1 Å². The predicted octanol–water partition coefficient (Wildman–Crippen LogP) is 4.46. The van der Waals surface area contributed by atoms with Gasteiger partial charge in [0.15, 0.2) is 6.29 Å². The summed E-state index contributed by atoms with van der Waals surface area (Å²) in [6.45, 7) is 6.01. The van der Waals surface area contributed by atoms with Crippen molar-refractivity contribution in [2.75, 3.05) is 32.8 Å². The topological polar surface area (TPSA) is 130 Å². The summed E-state index contributed by atoms with van der Waals surface area (Å²) in [6.07, 6.45) is 1.10. The maximum atomic E-state index is 12.2. The van der Waals surface area contributed by atoms with E-state index in [0.717, 1.165) is 52.8 Å². The Morgan fingerprint density at radius 1 is 0.935 bits per heavy atom. The summed E-state index contributed by atoms with van der Waals surface area (Å²) in [4.78, 5) is 26.0. The summed E-state index contributed by atoms with van der Waals surface area (Å²) in [5.41, 5.74) is 5.65. The Labute approximate surface area is 270 Å². The Balaban J connectivity index is 1.33. The molecular weight excluding hydrogens is 586 g/mol. The van der Waals surface area contributed by atoms with Gasteiger partial charge in [-0.05, 0) is 66.3 Å². The number of nitrogens with zero attached hydrogens (tertiary/aromatic N) is 1. The Morgan fingerprint density at radius 2 is 1.70 bits per heavy atom. The van der Waals surface area contributed by atoms with E-state index in [4.69, 9.17) is 14.2 Å². The van der Waals surface area contributed by atoms with Gasteiger partial charge in [-0.15, -0.1) is 0 Å². The van der Waals surface area contributed by atoms with Crippen LogP contribution in [0.1, 0.15) is 61.3 Å². The van der Waals surface area contributed by atoms with Crippen LogP contribution in [-0.4, -0.2) is 72.1 Å². The van der Waals surface area contributed by atoms with E-state index >= 15 is 0 Å². The molecule has 10 heteroatoms. The van der Waals surface area contributed by atoms with Crippen LogP contribution in [0.15, 0.2) is 72.8 Å². The molecule has 3 aromatic rings. The molecule has 0 aromatic heterocycles. The first-order chi connectivity index (χ1) is 22.4. The monoisotopic (exact) mass is 631 g/mol. The van der Waals surface area contributed by atoms with E-state index in [9.17, 15) is 19.8 Å². The van der Waals surface area contributed by atoms with Crippen LogP contribution in [0.4, 0.5) is 4.79 Å². The molecule has 2 amide bonds. The first kappa shape index (κ1) is 33.6. The van der Waals surface area contributed by atoms with Crippen molar-refractivity contribution in [1.29, 1.82) is 0 Å². The highest BCUT2D eigenvalue weighted by Crippen LogP contribution is 2.43. The molecule has 3 aromatic carbocycles. The van der Waals surface area contributed by atoms with Crippen LogP contribution in [0.25, 0.3) is 11.1 Å². The van der Waals surface area contributed by atoms with Crippen molar-refractivity contribution in [3.05, 3.63) is 95.1 Å². The third-order valence-corrected chi connectivity index (χ3v) is 8.82. The smallest absolute Gasteiger partial charge is 0.325 e. The third kappa shape index (κ3) is 8.51. The van der Waals surface area contributed by atoms with Crippen LogP contribution in [0.2, 0.25) is 0 Å². The second kappa shape index (κ2) is 16.2. The number of urea groups is 1. The number of benzene rings is 3.